The van der Waals surface area contributed by atoms with Gasteiger partial charge in [0, 0.05) is 28.2 Å². The van der Waals surface area contributed by atoms with Gasteiger partial charge in [-0.1, -0.05) is 12.1 Å². The van der Waals surface area contributed by atoms with Crippen molar-refractivity contribution in [1.29, 1.82) is 0 Å². The third kappa shape index (κ3) is 6.39. The molecular formula is C19H20F3NO3S. The molecule has 1 amide bonds. The summed E-state index contributed by atoms with van der Waals surface area (Å²) in [5.74, 6) is -0.693. The molecule has 0 saturated carbocycles. The Morgan fingerprint density at radius 1 is 1.15 bits per heavy atom. The number of carbonyl (C=O) groups is 2. The summed E-state index contributed by atoms with van der Waals surface area (Å²) in [6.07, 6.45) is -4.59. The van der Waals surface area contributed by atoms with E-state index in [9.17, 15) is 22.8 Å². The third-order valence-electron chi connectivity index (χ3n) is 3.91. The number of halogens is 3. The van der Waals surface area contributed by atoms with Crippen LogP contribution >= 0.6 is 11.3 Å². The molecule has 0 fully saturated rings. The summed E-state index contributed by atoms with van der Waals surface area (Å²) in [6, 6.07) is 6.71. The van der Waals surface area contributed by atoms with Crippen molar-refractivity contribution in [3.05, 3.63) is 51.2 Å². The molecule has 0 saturated heterocycles. The Bertz CT molecular complexity index is 813. The molecule has 1 heterocycles. The molecule has 146 valence electrons. The normalized spacial score (nSPS) is 12.5. The number of thiophene rings is 1. The monoisotopic (exact) mass is 399 g/mol. The van der Waals surface area contributed by atoms with Crippen LogP contribution in [-0.4, -0.2) is 18.1 Å². The van der Waals surface area contributed by atoms with Gasteiger partial charge in [-0.2, -0.15) is 0 Å². The highest BCUT2D eigenvalue weighted by Gasteiger charge is 2.31. The molecule has 1 unspecified atom stereocenters. The molecule has 1 atom stereocenters. The molecule has 1 aromatic heterocycles. The van der Waals surface area contributed by atoms with Crippen molar-refractivity contribution in [3.8, 4) is 5.75 Å². The van der Waals surface area contributed by atoms with E-state index in [0.717, 1.165) is 9.75 Å². The average Bonchev–Trinajstić information content (AvgIpc) is 2.90. The standard InChI is InChI=1S/C19H20F3NO3S/c1-11-10-16(13(3)27-11)17(24)8-9-18(25)23-12(2)14-4-6-15(7-5-14)26-19(20,21)22/h4-7,10,12H,8-9H2,1-3H3,(H,23,25). The maximum atomic E-state index is 12.2. The number of ether oxygens (including phenoxy) is 1. The number of hydrogen-bond acceptors (Lipinski definition) is 4. The maximum absolute atomic E-state index is 12.2. The molecule has 2 rings (SSSR count). The molecule has 0 aliphatic rings. The van der Waals surface area contributed by atoms with E-state index in [4.69, 9.17) is 0 Å². The first-order valence-electron chi connectivity index (χ1n) is 8.30. The van der Waals surface area contributed by atoms with Crippen LogP contribution in [0.25, 0.3) is 0 Å². The summed E-state index contributed by atoms with van der Waals surface area (Å²) < 4.78 is 40.3. The van der Waals surface area contributed by atoms with E-state index in [1.165, 1.54) is 24.3 Å². The minimum absolute atomic E-state index is 0.0484. The Morgan fingerprint density at radius 2 is 1.78 bits per heavy atom. The second-order valence-electron chi connectivity index (χ2n) is 6.16. The van der Waals surface area contributed by atoms with Gasteiger partial charge in [-0.25, -0.2) is 0 Å². The number of hydrogen-bond donors (Lipinski definition) is 1. The molecular weight excluding hydrogens is 379 g/mol. The van der Waals surface area contributed by atoms with Crippen LogP contribution in [0.5, 0.6) is 5.75 Å². The molecule has 1 aromatic carbocycles. The summed E-state index contributed by atoms with van der Waals surface area (Å²) >= 11 is 1.54. The van der Waals surface area contributed by atoms with Gasteiger partial charge >= 0.3 is 6.36 Å². The number of rotatable bonds is 7. The largest absolute Gasteiger partial charge is 0.573 e. The Kier molecular flexibility index (Phi) is 6.64. The van der Waals surface area contributed by atoms with Gasteiger partial charge in [-0.05, 0) is 44.5 Å². The second kappa shape index (κ2) is 8.56. The van der Waals surface area contributed by atoms with E-state index in [0.29, 0.717) is 11.1 Å². The highest BCUT2D eigenvalue weighted by molar-refractivity contribution is 7.12. The van der Waals surface area contributed by atoms with E-state index in [1.54, 1.807) is 18.3 Å². The number of aryl methyl sites for hydroxylation is 2. The van der Waals surface area contributed by atoms with Gasteiger partial charge in [0.25, 0.3) is 0 Å². The molecule has 8 heteroatoms. The molecule has 0 bridgehead atoms. The van der Waals surface area contributed by atoms with Crippen molar-refractivity contribution in [2.24, 2.45) is 0 Å². The zero-order valence-electron chi connectivity index (χ0n) is 15.1. The number of Topliss-reactive ketones (excluding diaryl/α,β-unsaturated/α-hetero) is 1. The van der Waals surface area contributed by atoms with Gasteiger partial charge in [-0.15, -0.1) is 24.5 Å². The first kappa shape index (κ1) is 21.0. The molecule has 27 heavy (non-hydrogen) atoms. The lowest BCUT2D eigenvalue weighted by Crippen LogP contribution is -2.27. The Morgan fingerprint density at radius 3 is 2.30 bits per heavy atom. The van der Waals surface area contributed by atoms with Crippen molar-refractivity contribution in [3.63, 3.8) is 0 Å². The van der Waals surface area contributed by atoms with Crippen molar-refractivity contribution in [2.45, 2.75) is 46.0 Å². The highest BCUT2D eigenvalue weighted by Crippen LogP contribution is 2.25. The molecule has 1 N–H and O–H groups in total. The fourth-order valence-electron chi connectivity index (χ4n) is 2.62. The first-order valence-corrected chi connectivity index (χ1v) is 9.12. The molecule has 0 radical (unpaired) electrons. The van der Waals surface area contributed by atoms with E-state index in [1.807, 2.05) is 19.9 Å². The molecule has 0 spiro atoms. The van der Waals surface area contributed by atoms with E-state index >= 15 is 0 Å². The average molecular weight is 399 g/mol. The maximum Gasteiger partial charge on any atom is 0.573 e. The lowest BCUT2D eigenvalue weighted by Gasteiger charge is -2.15. The predicted molar refractivity (Wildman–Crippen MR) is 97.0 cm³/mol. The number of alkyl halides is 3. The van der Waals surface area contributed by atoms with Gasteiger partial charge in [0.2, 0.25) is 5.91 Å². The zero-order chi connectivity index (χ0) is 20.2. The topological polar surface area (TPSA) is 55.4 Å². The fraction of sp³-hybridized carbons (Fsp3) is 0.368. The van der Waals surface area contributed by atoms with Crippen LogP contribution in [0, 0.1) is 13.8 Å². The van der Waals surface area contributed by atoms with Crippen LogP contribution < -0.4 is 10.1 Å². The first-order chi connectivity index (χ1) is 12.5. The summed E-state index contributed by atoms with van der Waals surface area (Å²) in [7, 11) is 0. The van der Waals surface area contributed by atoms with Crippen LogP contribution in [-0.2, 0) is 4.79 Å². The Hall–Kier alpha value is -2.35. The van der Waals surface area contributed by atoms with Crippen molar-refractivity contribution in [2.75, 3.05) is 0 Å². The van der Waals surface area contributed by atoms with Crippen LogP contribution in [0.1, 0.15) is 51.5 Å². The van der Waals surface area contributed by atoms with Gasteiger partial charge in [0.15, 0.2) is 5.78 Å². The van der Waals surface area contributed by atoms with Crippen molar-refractivity contribution < 1.29 is 27.5 Å². The smallest absolute Gasteiger partial charge is 0.406 e. The number of benzene rings is 1. The van der Waals surface area contributed by atoms with E-state index < -0.39 is 12.4 Å². The minimum atomic E-state index is -4.74. The summed E-state index contributed by atoms with van der Waals surface area (Å²) in [6.45, 7) is 5.51. The van der Waals surface area contributed by atoms with E-state index in [2.05, 4.69) is 10.1 Å². The van der Waals surface area contributed by atoms with Crippen molar-refractivity contribution >= 4 is 23.0 Å². The van der Waals surface area contributed by atoms with Gasteiger partial charge in [-0.3, -0.25) is 9.59 Å². The Labute approximate surface area is 159 Å². The number of carbonyl (C=O) groups excluding carboxylic acids is 2. The molecule has 0 aliphatic heterocycles. The quantitative estimate of drug-likeness (QED) is 0.659. The summed E-state index contributed by atoms with van der Waals surface area (Å²) in [5.41, 5.74) is 1.28. The Balaban J connectivity index is 1.86. The van der Waals surface area contributed by atoms with Crippen LogP contribution in [0.3, 0.4) is 0 Å². The van der Waals surface area contributed by atoms with Gasteiger partial charge < -0.3 is 10.1 Å². The molecule has 2 aromatic rings. The number of amides is 1. The lowest BCUT2D eigenvalue weighted by atomic mass is 10.1. The SMILES string of the molecule is Cc1cc(C(=O)CCC(=O)NC(C)c2ccc(OC(F)(F)F)cc2)c(C)s1. The van der Waals surface area contributed by atoms with Gasteiger partial charge in [0.1, 0.15) is 5.75 Å². The summed E-state index contributed by atoms with van der Waals surface area (Å²) in [5, 5.41) is 2.74. The van der Waals surface area contributed by atoms with Crippen LogP contribution in [0.2, 0.25) is 0 Å². The van der Waals surface area contributed by atoms with E-state index in [-0.39, 0.29) is 30.3 Å². The fourth-order valence-corrected chi connectivity index (χ4v) is 3.57. The zero-order valence-corrected chi connectivity index (χ0v) is 16.0. The lowest BCUT2D eigenvalue weighted by molar-refractivity contribution is -0.274. The van der Waals surface area contributed by atoms with Crippen molar-refractivity contribution in [1.82, 2.24) is 5.32 Å². The number of nitrogens with one attached hydrogen (secondary N) is 1. The number of ketones is 1. The third-order valence-corrected chi connectivity index (χ3v) is 4.88. The predicted octanol–water partition coefficient (Wildman–Crippen LogP) is 5.10. The minimum Gasteiger partial charge on any atom is -0.406 e. The van der Waals surface area contributed by atoms with Crippen LogP contribution in [0.4, 0.5) is 13.2 Å². The van der Waals surface area contributed by atoms with Crippen LogP contribution in [0.15, 0.2) is 30.3 Å². The molecule has 4 nitrogen and oxygen atoms in total. The highest BCUT2D eigenvalue weighted by atomic mass is 32.1. The summed E-state index contributed by atoms with van der Waals surface area (Å²) in [4.78, 5) is 26.3. The molecule has 0 aliphatic carbocycles. The second-order valence-corrected chi connectivity index (χ2v) is 7.62. The van der Waals surface area contributed by atoms with Gasteiger partial charge in [0.05, 0.1) is 6.04 Å².